The van der Waals surface area contributed by atoms with Gasteiger partial charge in [-0.3, -0.25) is 4.40 Å². The van der Waals surface area contributed by atoms with Gasteiger partial charge in [0.2, 0.25) is 5.88 Å². The van der Waals surface area contributed by atoms with Crippen LogP contribution in [-0.2, 0) is 12.8 Å². The van der Waals surface area contributed by atoms with Crippen LogP contribution in [0.3, 0.4) is 0 Å². The third kappa shape index (κ3) is 5.18. The van der Waals surface area contributed by atoms with Gasteiger partial charge in [-0.05, 0) is 53.9 Å². The van der Waals surface area contributed by atoms with E-state index in [1.807, 2.05) is 60.8 Å². The molecule has 36 heavy (non-hydrogen) atoms. The molecule has 5 rings (SSSR count). The first kappa shape index (κ1) is 23.4. The second-order valence-electron chi connectivity index (χ2n) is 8.88. The molecule has 0 spiro atoms. The number of imidazole rings is 1. The maximum atomic E-state index is 11.1. The van der Waals surface area contributed by atoms with Crippen LogP contribution in [0, 0.1) is 0 Å². The predicted octanol–water partition coefficient (Wildman–Crippen LogP) is 6.17. The van der Waals surface area contributed by atoms with Crippen molar-refractivity contribution in [2.24, 2.45) is 0 Å². The normalized spacial score (nSPS) is 11.1. The Balaban J connectivity index is 1.54. The first-order chi connectivity index (χ1) is 17.6. The molecular weight excluding hydrogens is 450 g/mol. The summed E-state index contributed by atoms with van der Waals surface area (Å²) in [7, 11) is 0. The van der Waals surface area contributed by atoms with Crippen molar-refractivity contribution in [1.82, 2.24) is 14.4 Å². The molecule has 0 amide bonds. The molecule has 0 saturated heterocycles. The number of hydrogen-bond acceptors (Lipinski definition) is 5. The summed E-state index contributed by atoms with van der Waals surface area (Å²) in [5.74, 6) is 1.13. The van der Waals surface area contributed by atoms with Gasteiger partial charge in [0.05, 0.1) is 18.0 Å². The molecular formula is C30H29N3O3. The average molecular weight is 480 g/mol. The lowest BCUT2D eigenvalue weighted by atomic mass is 10.1. The van der Waals surface area contributed by atoms with Crippen LogP contribution in [-0.4, -0.2) is 31.2 Å². The number of phenols is 1. The molecule has 0 aliphatic rings. The number of unbranched alkanes of at least 4 members (excludes halogenated alkanes) is 1. The molecule has 2 N–H and O–H groups in total. The number of rotatable bonds is 9. The highest BCUT2D eigenvalue weighted by molar-refractivity contribution is 5.64. The topological polar surface area (TPSA) is 79.9 Å². The smallest absolute Gasteiger partial charge is 0.219 e. The number of nitrogens with zero attached hydrogens (tertiary/aromatic N) is 3. The van der Waals surface area contributed by atoms with Gasteiger partial charge in [-0.15, -0.1) is 0 Å². The van der Waals surface area contributed by atoms with Crippen molar-refractivity contribution in [3.05, 3.63) is 108 Å². The molecule has 6 nitrogen and oxygen atoms in total. The Kier molecular flexibility index (Phi) is 6.85. The van der Waals surface area contributed by atoms with Gasteiger partial charge < -0.3 is 14.9 Å². The number of phenolic OH excluding ortho intramolecular Hbond substituents is 1. The Bertz CT molecular complexity index is 1440. The van der Waals surface area contributed by atoms with Crippen molar-refractivity contribution in [3.8, 4) is 28.6 Å². The molecule has 3 aromatic carbocycles. The lowest BCUT2D eigenvalue weighted by Crippen LogP contribution is -2.01. The second kappa shape index (κ2) is 10.5. The highest BCUT2D eigenvalue weighted by Crippen LogP contribution is 2.29. The predicted molar refractivity (Wildman–Crippen MR) is 141 cm³/mol. The van der Waals surface area contributed by atoms with Crippen LogP contribution in [0.2, 0.25) is 0 Å². The third-order valence-corrected chi connectivity index (χ3v) is 6.16. The molecule has 0 aliphatic heterocycles. The van der Waals surface area contributed by atoms with Gasteiger partial charge in [0, 0.05) is 24.6 Å². The quantitative estimate of drug-likeness (QED) is 0.247. The number of fused-ring (bicyclic) bond motifs is 1. The van der Waals surface area contributed by atoms with Gasteiger partial charge in [0.15, 0.2) is 5.65 Å². The highest BCUT2D eigenvalue weighted by Gasteiger charge is 2.18. The molecule has 6 heteroatoms. The molecule has 0 aliphatic carbocycles. The van der Waals surface area contributed by atoms with Crippen LogP contribution in [0.25, 0.3) is 16.9 Å². The number of hydrogen-bond donors (Lipinski definition) is 2. The fourth-order valence-corrected chi connectivity index (χ4v) is 4.17. The van der Waals surface area contributed by atoms with Crippen molar-refractivity contribution < 1.29 is 14.9 Å². The van der Waals surface area contributed by atoms with E-state index in [2.05, 4.69) is 19.1 Å². The summed E-state index contributed by atoms with van der Waals surface area (Å²) < 4.78 is 7.53. The molecule has 2 heterocycles. The van der Waals surface area contributed by atoms with E-state index < -0.39 is 0 Å². The van der Waals surface area contributed by atoms with E-state index in [1.165, 1.54) is 0 Å². The molecule has 0 atom stereocenters. The first-order valence-electron chi connectivity index (χ1n) is 12.3. The maximum absolute atomic E-state index is 11.1. The largest absolute Gasteiger partial charge is 0.508 e. The highest BCUT2D eigenvalue weighted by atomic mass is 16.5. The summed E-state index contributed by atoms with van der Waals surface area (Å²) in [5, 5.41) is 20.7. The lowest BCUT2D eigenvalue weighted by molar-refractivity contribution is 0.309. The summed E-state index contributed by atoms with van der Waals surface area (Å²) in [6.07, 6.45) is 4.98. The van der Waals surface area contributed by atoms with Gasteiger partial charge in [0.1, 0.15) is 17.2 Å². The van der Waals surface area contributed by atoms with Crippen LogP contribution in [0.4, 0.5) is 0 Å². The Morgan fingerprint density at radius 1 is 0.778 bits per heavy atom. The molecule has 0 unspecified atom stereocenters. The van der Waals surface area contributed by atoms with Crippen LogP contribution in [0.15, 0.2) is 85.1 Å². The summed E-state index contributed by atoms with van der Waals surface area (Å²) in [5.41, 5.74) is 5.73. The minimum absolute atomic E-state index is 0.0931. The zero-order valence-electron chi connectivity index (χ0n) is 20.3. The van der Waals surface area contributed by atoms with E-state index in [4.69, 9.17) is 14.7 Å². The Hall–Kier alpha value is -4.32. The molecule has 0 radical (unpaired) electrons. The van der Waals surface area contributed by atoms with E-state index in [0.717, 1.165) is 46.7 Å². The summed E-state index contributed by atoms with van der Waals surface area (Å²) >= 11 is 0. The molecule has 0 saturated carbocycles. The Morgan fingerprint density at radius 3 is 2.19 bits per heavy atom. The van der Waals surface area contributed by atoms with E-state index in [-0.39, 0.29) is 11.6 Å². The Labute approximate surface area is 210 Å². The fourth-order valence-electron chi connectivity index (χ4n) is 4.17. The summed E-state index contributed by atoms with van der Waals surface area (Å²) in [6.45, 7) is 2.84. The van der Waals surface area contributed by atoms with Crippen molar-refractivity contribution in [2.45, 2.75) is 32.6 Å². The van der Waals surface area contributed by atoms with Crippen LogP contribution in [0.5, 0.6) is 17.4 Å². The summed E-state index contributed by atoms with van der Waals surface area (Å²) in [4.78, 5) is 9.76. The number of aromatic nitrogens is 3. The first-order valence-corrected chi connectivity index (χ1v) is 12.3. The van der Waals surface area contributed by atoms with Gasteiger partial charge in [-0.25, -0.2) is 9.97 Å². The molecule has 0 bridgehead atoms. The minimum atomic E-state index is 0.0931. The standard InChI is InChI=1S/C30H29N3O3/c1-2-3-17-36-25-15-11-23(12-16-25)28-20-33-29(26(31-28)18-21-7-5-4-6-8-21)32-27(30(33)35)19-22-9-13-24(34)14-10-22/h4-16,20,34-35H,2-3,17-19H2,1H3. The average Bonchev–Trinajstić information content (AvgIpc) is 3.22. The number of ether oxygens (including phenoxy) is 1. The Morgan fingerprint density at radius 2 is 1.47 bits per heavy atom. The maximum Gasteiger partial charge on any atom is 0.219 e. The van der Waals surface area contributed by atoms with Gasteiger partial charge >= 0.3 is 0 Å². The van der Waals surface area contributed by atoms with E-state index in [1.54, 1.807) is 16.5 Å². The number of aromatic hydroxyl groups is 2. The summed E-state index contributed by atoms with van der Waals surface area (Å²) in [6, 6.07) is 25.0. The minimum Gasteiger partial charge on any atom is -0.508 e. The van der Waals surface area contributed by atoms with Gasteiger partial charge in [0.25, 0.3) is 0 Å². The zero-order valence-corrected chi connectivity index (χ0v) is 20.3. The van der Waals surface area contributed by atoms with Crippen molar-refractivity contribution in [3.63, 3.8) is 0 Å². The van der Waals surface area contributed by atoms with Crippen molar-refractivity contribution >= 4 is 5.65 Å². The number of benzene rings is 3. The zero-order chi connectivity index (χ0) is 24.9. The van der Waals surface area contributed by atoms with Gasteiger partial charge in [-0.2, -0.15) is 0 Å². The second-order valence-corrected chi connectivity index (χ2v) is 8.88. The van der Waals surface area contributed by atoms with E-state index >= 15 is 0 Å². The van der Waals surface area contributed by atoms with Crippen molar-refractivity contribution in [2.75, 3.05) is 6.61 Å². The third-order valence-electron chi connectivity index (χ3n) is 6.16. The molecule has 182 valence electrons. The fraction of sp³-hybridized carbons (Fsp3) is 0.200. The molecule has 5 aromatic rings. The monoisotopic (exact) mass is 479 g/mol. The van der Waals surface area contributed by atoms with Crippen LogP contribution < -0.4 is 4.74 Å². The SMILES string of the molecule is CCCCOc1ccc(-c2cn3c(O)c(Cc4ccc(O)cc4)nc3c(Cc3ccccc3)n2)cc1. The van der Waals surface area contributed by atoms with Gasteiger partial charge in [-0.1, -0.05) is 55.8 Å². The van der Waals surface area contributed by atoms with Crippen molar-refractivity contribution in [1.29, 1.82) is 0 Å². The van der Waals surface area contributed by atoms with Crippen LogP contribution >= 0.6 is 0 Å². The van der Waals surface area contributed by atoms with E-state index in [9.17, 15) is 10.2 Å². The van der Waals surface area contributed by atoms with E-state index in [0.29, 0.717) is 30.8 Å². The lowest BCUT2D eigenvalue weighted by Gasteiger charge is -2.10. The molecule has 2 aromatic heterocycles. The van der Waals surface area contributed by atoms with Crippen LogP contribution in [0.1, 0.15) is 42.3 Å². The molecule has 0 fully saturated rings.